The van der Waals surface area contributed by atoms with Crippen molar-refractivity contribution in [1.29, 1.82) is 0 Å². The summed E-state index contributed by atoms with van der Waals surface area (Å²) >= 11 is 0. The third-order valence-corrected chi connectivity index (χ3v) is 7.35. The van der Waals surface area contributed by atoms with Crippen LogP contribution in [0.2, 0.25) is 0 Å². The third-order valence-electron chi connectivity index (χ3n) is 7.35. The van der Waals surface area contributed by atoms with E-state index in [1.165, 1.54) is 25.3 Å². The van der Waals surface area contributed by atoms with Crippen LogP contribution in [0, 0.1) is 10.1 Å². The van der Waals surface area contributed by atoms with Gasteiger partial charge in [-0.3, -0.25) is 10.1 Å². The molecule has 1 N–H and O–H groups in total. The molecular weight excluding hydrogens is 556 g/mol. The number of nitrogens with one attached hydrogen (secondary N) is 1. The van der Waals surface area contributed by atoms with Crippen LogP contribution in [-0.4, -0.2) is 56.7 Å². The Morgan fingerprint density at radius 2 is 1.74 bits per heavy atom. The van der Waals surface area contributed by atoms with E-state index in [1.807, 2.05) is 24.3 Å². The summed E-state index contributed by atoms with van der Waals surface area (Å²) in [5.74, 6) is -1.49. The van der Waals surface area contributed by atoms with Crippen molar-refractivity contribution in [1.82, 2.24) is 5.32 Å². The fourth-order valence-corrected chi connectivity index (χ4v) is 5.19. The monoisotopic (exact) mass is 594 g/mol. The molecule has 230 valence electrons. The van der Waals surface area contributed by atoms with Crippen molar-refractivity contribution in [2.45, 2.75) is 58.2 Å². The molecule has 2 aliphatic rings. The summed E-state index contributed by atoms with van der Waals surface area (Å²) in [4.78, 5) is 37.0. The van der Waals surface area contributed by atoms with Gasteiger partial charge in [0.15, 0.2) is 6.29 Å². The first-order valence-corrected chi connectivity index (χ1v) is 14.4. The second kappa shape index (κ2) is 15.3. The van der Waals surface area contributed by atoms with Gasteiger partial charge in [0.1, 0.15) is 5.75 Å². The minimum Gasteiger partial charge on any atom is -0.493 e. The molecule has 11 nitrogen and oxygen atoms in total. The molecule has 4 rings (SSSR count). The summed E-state index contributed by atoms with van der Waals surface area (Å²) in [6.45, 7) is 5.14. The van der Waals surface area contributed by atoms with E-state index in [-0.39, 0.29) is 29.7 Å². The first kappa shape index (κ1) is 31.7. The predicted molar refractivity (Wildman–Crippen MR) is 157 cm³/mol. The zero-order valence-corrected chi connectivity index (χ0v) is 24.8. The molecule has 0 bridgehead atoms. The van der Waals surface area contributed by atoms with Crippen molar-refractivity contribution >= 4 is 17.6 Å². The van der Waals surface area contributed by atoms with Crippen LogP contribution in [0.4, 0.5) is 5.69 Å². The maximum Gasteiger partial charge on any atom is 0.336 e. The highest BCUT2D eigenvalue weighted by Crippen LogP contribution is 2.40. The number of carbonyl (C=O) groups excluding carboxylic acids is 2. The Hall–Kier alpha value is -4.22. The van der Waals surface area contributed by atoms with Crippen molar-refractivity contribution < 1.29 is 38.2 Å². The van der Waals surface area contributed by atoms with E-state index >= 15 is 0 Å². The van der Waals surface area contributed by atoms with Gasteiger partial charge in [-0.15, -0.1) is 0 Å². The molecule has 2 aromatic carbocycles. The van der Waals surface area contributed by atoms with Crippen molar-refractivity contribution in [2.75, 3.05) is 33.5 Å². The fraction of sp³-hybridized carbons (Fsp3) is 0.438. The zero-order valence-electron chi connectivity index (χ0n) is 24.8. The molecule has 1 unspecified atom stereocenters. The number of esters is 2. The number of benzene rings is 2. The van der Waals surface area contributed by atoms with E-state index in [0.717, 1.165) is 37.9 Å². The van der Waals surface area contributed by atoms with Gasteiger partial charge in [0, 0.05) is 36.6 Å². The summed E-state index contributed by atoms with van der Waals surface area (Å²) in [7, 11) is 1.24. The van der Waals surface area contributed by atoms with E-state index in [9.17, 15) is 19.7 Å². The number of allylic oxidation sites excluding steroid dienone is 2. The number of nitro benzene ring substituents is 1. The summed E-state index contributed by atoms with van der Waals surface area (Å²) in [6.07, 6.45) is 4.30. The summed E-state index contributed by atoms with van der Waals surface area (Å²) < 4.78 is 27.8. The van der Waals surface area contributed by atoms with Crippen LogP contribution in [0.1, 0.15) is 56.6 Å². The first-order chi connectivity index (χ1) is 20.8. The molecule has 11 heteroatoms. The van der Waals surface area contributed by atoms with Crippen LogP contribution in [0.5, 0.6) is 5.75 Å². The van der Waals surface area contributed by atoms with Gasteiger partial charge < -0.3 is 29.0 Å². The minimum absolute atomic E-state index is 0.0756. The number of ether oxygens (including phenoxy) is 5. The first-order valence-electron chi connectivity index (χ1n) is 14.4. The van der Waals surface area contributed by atoms with Crippen LogP contribution >= 0.6 is 0 Å². The van der Waals surface area contributed by atoms with Crippen molar-refractivity contribution in [2.24, 2.45) is 0 Å². The Morgan fingerprint density at radius 3 is 2.42 bits per heavy atom. The summed E-state index contributed by atoms with van der Waals surface area (Å²) in [5, 5.41) is 14.5. The molecule has 2 heterocycles. The van der Waals surface area contributed by atoms with Gasteiger partial charge in [0.2, 0.25) is 0 Å². The van der Waals surface area contributed by atoms with Gasteiger partial charge in [0.25, 0.3) is 5.69 Å². The van der Waals surface area contributed by atoms with E-state index in [4.69, 9.17) is 23.7 Å². The van der Waals surface area contributed by atoms with Gasteiger partial charge in [-0.25, -0.2) is 9.59 Å². The number of rotatable bonds is 13. The van der Waals surface area contributed by atoms with E-state index in [0.29, 0.717) is 42.3 Å². The molecule has 43 heavy (non-hydrogen) atoms. The van der Waals surface area contributed by atoms with Crippen molar-refractivity contribution in [3.8, 4) is 5.75 Å². The lowest BCUT2D eigenvalue weighted by Gasteiger charge is -2.30. The normalized spacial score (nSPS) is 18.6. The Balaban J connectivity index is 1.31. The highest BCUT2D eigenvalue weighted by Gasteiger charge is 2.38. The molecule has 1 saturated heterocycles. The van der Waals surface area contributed by atoms with Gasteiger partial charge in [0.05, 0.1) is 48.9 Å². The Bertz CT molecular complexity index is 1360. The number of dihydropyridines is 1. The predicted octanol–water partition coefficient (Wildman–Crippen LogP) is 5.10. The average Bonchev–Trinajstić information content (AvgIpc) is 3.01. The second-order valence-corrected chi connectivity index (χ2v) is 10.4. The topological polar surface area (TPSA) is 135 Å². The molecule has 0 spiro atoms. The van der Waals surface area contributed by atoms with Crippen LogP contribution in [0.25, 0.3) is 0 Å². The van der Waals surface area contributed by atoms with E-state index < -0.39 is 22.8 Å². The molecule has 2 aliphatic heterocycles. The number of nitrogens with zero attached hydrogens (tertiary/aromatic N) is 1. The Morgan fingerprint density at radius 1 is 1.00 bits per heavy atom. The summed E-state index contributed by atoms with van der Waals surface area (Å²) in [5.41, 5.74) is 2.72. The third kappa shape index (κ3) is 8.42. The average molecular weight is 595 g/mol. The Kier molecular flexibility index (Phi) is 11.3. The second-order valence-electron chi connectivity index (χ2n) is 10.4. The lowest BCUT2D eigenvalue weighted by molar-refractivity contribution is -0.384. The molecule has 0 aromatic heterocycles. The number of non-ortho nitro benzene ring substituents is 1. The number of hydrogen-bond acceptors (Lipinski definition) is 10. The molecular formula is C32H38N2O9. The Labute approximate surface area is 250 Å². The lowest BCUT2D eigenvalue weighted by Crippen LogP contribution is -2.32. The molecule has 0 amide bonds. The maximum atomic E-state index is 13.3. The van der Waals surface area contributed by atoms with Crippen LogP contribution in [0.15, 0.2) is 71.1 Å². The molecule has 0 aliphatic carbocycles. The standard InChI is InChI=1S/C32H38N2O9/c1-21-28(31(35)39-3)30(24-8-6-9-25(20-24)34(37)38)29(22(2)33-21)32(36)43-18-7-17-40-26-13-11-23(12-14-26)15-19-42-27-10-4-5-16-41-27/h6,8-9,11-14,20,27,30,33H,4-5,7,10,15-19H2,1-3H3/t27-,30?/m0/s1. The van der Waals surface area contributed by atoms with Crippen LogP contribution < -0.4 is 10.1 Å². The number of methoxy groups -OCH3 is 1. The molecule has 2 atom stereocenters. The number of nitro groups is 1. The summed E-state index contributed by atoms with van der Waals surface area (Å²) in [6, 6.07) is 13.6. The molecule has 0 saturated carbocycles. The molecule has 0 radical (unpaired) electrons. The highest BCUT2D eigenvalue weighted by molar-refractivity contribution is 5.99. The number of hydrogen-bond donors (Lipinski definition) is 1. The lowest BCUT2D eigenvalue weighted by atomic mass is 9.80. The van der Waals surface area contributed by atoms with Crippen molar-refractivity contribution in [3.63, 3.8) is 0 Å². The quantitative estimate of drug-likeness (QED) is 0.144. The highest BCUT2D eigenvalue weighted by atomic mass is 16.7. The van der Waals surface area contributed by atoms with Crippen LogP contribution in [-0.2, 0) is 35.0 Å². The SMILES string of the molecule is COC(=O)C1=C(C)NC(C)=C(C(=O)OCCCOc2ccc(CCO[C@H]3CCCCO3)cc2)C1c1cccc([N+](=O)[O-])c1. The molecule has 2 aromatic rings. The fourth-order valence-electron chi connectivity index (χ4n) is 5.19. The minimum atomic E-state index is -0.906. The smallest absolute Gasteiger partial charge is 0.336 e. The van der Waals surface area contributed by atoms with Gasteiger partial charge in [-0.1, -0.05) is 24.3 Å². The van der Waals surface area contributed by atoms with Gasteiger partial charge in [-0.2, -0.15) is 0 Å². The van der Waals surface area contributed by atoms with Gasteiger partial charge >= 0.3 is 11.9 Å². The van der Waals surface area contributed by atoms with E-state index in [2.05, 4.69) is 5.32 Å². The maximum absolute atomic E-state index is 13.3. The van der Waals surface area contributed by atoms with E-state index in [1.54, 1.807) is 19.9 Å². The van der Waals surface area contributed by atoms with Crippen molar-refractivity contribution in [3.05, 3.63) is 92.3 Å². The largest absolute Gasteiger partial charge is 0.493 e. The zero-order chi connectivity index (χ0) is 30.8. The molecule has 1 fully saturated rings. The number of carbonyl (C=O) groups is 2. The van der Waals surface area contributed by atoms with Gasteiger partial charge in [-0.05, 0) is 62.8 Å². The van der Waals surface area contributed by atoms with Crippen LogP contribution in [0.3, 0.4) is 0 Å².